The molecule has 0 radical (unpaired) electrons. The summed E-state index contributed by atoms with van der Waals surface area (Å²) >= 11 is 1.71. The summed E-state index contributed by atoms with van der Waals surface area (Å²) < 4.78 is 2.01. The zero-order valence-corrected chi connectivity index (χ0v) is 10.8. The Kier molecular flexibility index (Phi) is 2.98. The molecule has 0 N–H and O–H groups in total. The zero-order chi connectivity index (χ0) is 12.4. The standard InChI is InChI=1S/C13H12N4S/c1-2-18-13-16-11(10-4-3-5-14-9-10)8-12-15-6-7-17(12)13/h3-9H,2H2,1H3. The molecular formula is C13H12N4S. The van der Waals surface area contributed by atoms with Gasteiger partial charge >= 0.3 is 0 Å². The first-order chi connectivity index (χ1) is 8.88. The van der Waals surface area contributed by atoms with Gasteiger partial charge in [-0.15, -0.1) is 0 Å². The SMILES string of the molecule is CCSc1nc(-c2cccnc2)cc2nccn12. The molecule has 0 aliphatic heterocycles. The number of nitrogens with zero attached hydrogens (tertiary/aromatic N) is 4. The van der Waals surface area contributed by atoms with Crippen LogP contribution >= 0.6 is 11.8 Å². The normalized spacial score (nSPS) is 10.9. The number of fused-ring (bicyclic) bond motifs is 1. The molecule has 0 fully saturated rings. The molecule has 3 heterocycles. The average molecular weight is 256 g/mol. The first-order valence-electron chi connectivity index (χ1n) is 5.76. The highest BCUT2D eigenvalue weighted by Gasteiger charge is 2.07. The van der Waals surface area contributed by atoms with Crippen molar-refractivity contribution in [2.24, 2.45) is 0 Å². The molecule has 90 valence electrons. The van der Waals surface area contributed by atoms with Gasteiger partial charge in [-0.05, 0) is 17.9 Å². The van der Waals surface area contributed by atoms with E-state index in [1.165, 1.54) is 0 Å². The minimum atomic E-state index is 0.915. The zero-order valence-electron chi connectivity index (χ0n) is 9.95. The minimum Gasteiger partial charge on any atom is -0.279 e. The Morgan fingerprint density at radius 1 is 1.33 bits per heavy atom. The highest BCUT2D eigenvalue weighted by atomic mass is 32.2. The van der Waals surface area contributed by atoms with Crippen molar-refractivity contribution < 1.29 is 0 Å². The topological polar surface area (TPSA) is 43.1 Å². The fourth-order valence-electron chi connectivity index (χ4n) is 1.79. The van der Waals surface area contributed by atoms with Crippen molar-refractivity contribution in [3.8, 4) is 11.3 Å². The molecule has 0 atom stereocenters. The monoisotopic (exact) mass is 256 g/mol. The first-order valence-corrected chi connectivity index (χ1v) is 6.74. The van der Waals surface area contributed by atoms with Gasteiger partial charge in [0, 0.05) is 36.4 Å². The molecule has 0 saturated heterocycles. The summed E-state index contributed by atoms with van der Waals surface area (Å²) in [5, 5.41) is 0.964. The van der Waals surface area contributed by atoms with Crippen LogP contribution in [0.25, 0.3) is 16.9 Å². The van der Waals surface area contributed by atoms with Gasteiger partial charge in [-0.25, -0.2) is 9.97 Å². The van der Waals surface area contributed by atoms with E-state index < -0.39 is 0 Å². The molecule has 0 unspecified atom stereocenters. The summed E-state index contributed by atoms with van der Waals surface area (Å²) in [7, 11) is 0. The molecule has 5 heteroatoms. The summed E-state index contributed by atoms with van der Waals surface area (Å²) in [5.74, 6) is 0.983. The average Bonchev–Trinajstić information content (AvgIpc) is 2.88. The van der Waals surface area contributed by atoms with Crippen molar-refractivity contribution in [3.63, 3.8) is 0 Å². The second-order valence-electron chi connectivity index (χ2n) is 3.75. The van der Waals surface area contributed by atoms with E-state index in [4.69, 9.17) is 0 Å². The third-order valence-electron chi connectivity index (χ3n) is 2.59. The van der Waals surface area contributed by atoms with Crippen molar-refractivity contribution in [2.75, 3.05) is 5.75 Å². The highest BCUT2D eigenvalue weighted by molar-refractivity contribution is 7.99. The summed E-state index contributed by atoms with van der Waals surface area (Å²) in [6.07, 6.45) is 7.32. The molecule has 3 aromatic rings. The molecule has 3 aromatic heterocycles. The number of aromatic nitrogens is 4. The molecule has 0 aromatic carbocycles. The first kappa shape index (κ1) is 11.2. The smallest absolute Gasteiger partial charge is 0.174 e. The van der Waals surface area contributed by atoms with Crippen LogP contribution in [0.1, 0.15) is 6.92 Å². The van der Waals surface area contributed by atoms with Gasteiger partial charge in [0.05, 0.1) is 5.69 Å². The number of rotatable bonds is 3. The van der Waals surface area contributed by atoms with E-state index in [2.05, 4.69) is 21.9 Å². The van der Waals surface area contributed by atoms with E-state index in [0.717, 1.165) is 27.8 Å². The maximum atomic E-state index is 4.68. The van der Waals surface area contributed by atoms with Gasteiger partial charge in [-0.3, -0.25) is 9.38 Å². The molecule has 0 spiro atoms. The van der Waals surface area contributed by atoms with Crippen molar-refractivity contribution in [3.05, 3.63) is 43.0 Å². The lowest BCUT2D eigenvalue weighted by molar-refractivity contribution is 0.907. The Balaban J connectivity index is 2.19. The van der Waals surface area contributed by atoms with Crippen LogP contribution in [0.5, 0.6) is 0 Å². The fraction of sp³-hybridized carbons (Fsp3) is 0.154. The summed E-state index contributed by atoms with van der Waals surface area (Å²) in [6.45, 7) is 2.12. The second kappa shape index (κ2) is 4.78. The number of pyridine rings is 1. The molecule has 18 heavy (non-hydrogen) atoms. The summed E-state index contributed by atoms with van der Waals surface area (Å²) in [5.41, 5.74) is 2.85. The molecule has 0 saturated carbocycles. The maximum absolute atomic E-state index is 4.68. The van der Waals surface area contributed by atoms with E-state index in [1.54, 1.807) is 24.2 Å². The summed E-state index contributed by atoms with van der Waals surface area (Å²) in [6, 6.07) is 5.91. The second-order valence-corrected chi connectivity index (χ2v) is 4.99. The van der Waals surface area contributed by atoms with Crippen LogP contribution in [-0.2, 0) is 0 Å². The van der Waals surface area contributed by atoms with Gasteiger partial charge in [-0.2, -0.15) is 0 Å². The lowest BCUT2D eigenvalue weighted by atomic mass is 10.2. The van der Waals surface area contributed by atoms with Crippen LogP contribution in [0, 0.1) is 0 Å². The van der Waals surface area contributed by atoms with E-state index >= 15 is 0 Å². The van der Waals surface area contributed by atoms with E-state index in [1.807, 2.05) is 35.0 Å². The number of hydrogen-bond acceptors (Lipinski definition) is 4. The maximum Gasteiger partial charge on any atom is 0.174 e. The third kappa shape index (κ3) is 1.97. The largest absolute Gasteiger partial charge is 0.279 e. The molecular weight excluding hydrogens is 244 g/mol. The van der Waals surface area contributed by atoms with E-state index in [-0.39, 0.29) is 0 Å². The highest BCUT2D eigenvalue weighted by Crippen LogP contribution is 2.23. The van der Waals surface area contributed by atoms with Crippen molar-refractivity contribution in [2.45, 2.75) is 12.1 Å². The molecule has 0 aliphatic rings. The van der Waals surface area contributed by atoms with Crippen molar-refractivity contribution in [1.82, 2.24) is 19.4 Å². The predicted molar refractivity (Wildman–Crippen MR) is 72.6 cm³/mol. The number of hydrogen-bond donors (Lipinski definition) is 0. The van der Waals surface area contributed by atoms with Crippen LogP contribution in [0.15, 0.2) is 48.1 Å². The van der Waals surface area contributed by atoms with E-state index in [9.17, 15) is 0 Å². The Labute approximate surface area is 109 Å². The third-order valence-corrected chi connectivity index (χ3v) is 3.42. The van der Waals surface area contributed by atoms with E-state index in [0.29, 0.717) is 0 Å². The van der Waals surface area contributed by atoms with Crippen molar-refractivity contribution in [1.29, 1.82) is 0 Å². The molecule has 0 aliphatic carbocycles. The van der Waals surface area contributed by atoms with Gasteiger partial charge in [0.25, 0.3) is 0 Å². The molecule has 4 nitrogen and oxygen atoms in total. The van der Waals surface area contributed by atoms with Crippen LogP contribution in [0.2, 0.25) is 0 Å². The van der Waals surface area contributed by atoms with Crippen LogP contribution in [0.3, 0.4) is 0 Å². The Bertz CT molecular complexity index is 663. The lowest BCUT2D eigenvalue weighted by Gasteiger charge is -2.06. The molecule has 0 bridgehead atoms. The lowest BCUT2D eigenvalue weighted by Crippen LogP contribution is -1.96. The fourth-order valence-corrected chi connectivity index (χ4v) is 2.50. The number of imidazole rings is 1. The quantitative estimate of drug-likeness (QED) is 0.534. The Morgan fingerprint density at radius 3 is 3.06 bits per heavy atom. The molecule has 3 rings (SSSR count). The minimum absolute atomic E-state index is 0.915. The molecule has 0 amide bonds. The van der Waals surface area contributed by atoms with Gasteiger partial charge in [-0.1, -0.05) is 18.7 Å². The van der Waals surface area contributed by atoms with Crippen LogP contribution in [-0.4, -0.2) is 25.1 Å². The van der Waals surface area contributed by atoms with Gasteiger partial charge < -0.3 is 0 Å². The van der Waals surface area contributed by atoms with Crippen LogP contribution in [0.4, 0.5) is 0 Å². The summed E-state index contributed by atoms with van der Waals surface area (Å²) in [4.78, 5) is 13.1. The predicted octanol–water partition coefficient (Wildman–Crippen LogP) is 2.90. The van der Waals surface area contributed by atoms with Gasteiger partial charge in [0.15, 0.2) is 5.16 Å². The van der Waals surface area contributed by atoms with Crippen molar-refractivity contribution >= 4 is 17.4 Å². The van der Waals surface area contributed by atoms with Gasteiger partial charge in [0.2, 0.25) is 0 Å². The Morgan fingerprint density at radius 2 is 2.28 bits per heavy atom. The van der Waals surface area contributed by atoms with Gasteiger partial charge in [0.1, 0.15) is 5.65 Å². The van der Waals surface area contributed by atoms with Crippen LogP contribution < -0.4 is 0 Å². The Hall–Kier alpha value is -1.88. The number of thioether (sulfide) groups is 1.